The largest absolute Gasteiger partial charge is 0.339 e. The molecule has 0 fully saturated rings. The SMILES string of the molecule is Fc1cc(F)c(CN2C=NC=NC2)cc1F. The zero-order valence-electron chi connectivity index (χ0n) is 8.20. The van der Waals surface area contributed by atoms with E-state index in [1.54, 1.807) is 4.90 Å². The van der Waals surface area contributed by atoms with E-state index in [2.05, 4.69) is 9.98 Å². The van der Waals surface area contributed by atoms with Gasteiger partial charge in [-0.25, -0.2) is 18.2 Å². The van der Waals surface area contributed by atoms with E-state index >= 15 is 0 Å². The molecule has 0 aliphatic carbocycles. The van der Waals surface area contributed by atoms with Crippen molar-refractivity contribution < 1.29 is 13.2 Å². The van der Waals surface area contributed by atoms with Crippen LogP contribution >= 0.6 is 0 Å². The summed E-state index contributed by atoms with van der Waals surface area (Å²) < 4.78 is 38.8. The number of hydrogen-bond donors (Lipinski definition) is 0. The molecule has 1 aromatic carbocycles. The van der Waals surface area contributed by atoms with Crippen molar-refractivity contribution in [1.29, 1.82) is 0 Å². The lowest BCUT2D eigenvalue weighted by molar-refractivity contribution is 0.417. The molecule has 1 aromatic rings. The van der Waals surface area contributed by atoms with Gasteiger partial charge in [0.1, 0.15) is 18.8 Å². The van der Waals surface area contributed by atoms with Crippen molar-refractivity contribution in [2.24, 2.45) is 9.98 Å². The molecule has 3 nitrogen and oxygen atoms in total. The lowest BCUT2D eigenvalue weighted by Gasteiger charge is -2.19. The molecule has 6 heteroatoms. The minimum absolute atomic E-state index is 0.0717. The molecule has 16 heavy (non-hydrogen) atoms. The number of rotatable bonds is 2. The second-order valence-electron chi connectivity index (χ2n) is 3.31. The Balaban J connectivity index is 2.18. The summed E-state index contributed by atoms with van der Waals surface area (Å²) in [4.78, 5) is 9.16. The fraction of sp³-hybridized carbons (Fsp3) is 0.200. The molecule has 1 aliphatic heterocycles. The molecule has 0 aromatic heterocycles. The summed E-state index contributed by atoms with van der Waals surface area (Å²) in [5.41, 5.74) is 0.0717. The van der Waals surface area contributed by atoms with E-state index in [4.69, 9.17) is 0 Å². The molecule has 0 saturated heterocycles. The summed E-state index contributed by atoms with van der Waals surface area (Å²) in [6, 6.07) is 1.38. The van der Waals surface area contributed by atoms with Gasteiger partial charge in [-0.2, -0.15) is 0 Å². The Morgan fingerprint density at radius 3 is 2.56 bits per heavy atom. The van der Waals surface area contributed by atoms with E-state index in [-0.39, 0.29) is 12.1 Å². The van der Waals surface area contributed by atoms with Crippen molar-refractivity contribution in [1.82, 2.24) is 4.90 Å². The van der Waals surface area contributed by atoms with Gasteiger partial charge < -0.3 is 4.90 Å². The van der Waals surface area contributed by atoms with Crippen LogP contribution in [-0.2, 0) is 6.54 Å². The van der Waals surface area contributed by atoms with Crippen molar-refractivity contribution in [2.45, 2.75) is 6.54 Å². The molecular weight excluding hydrogens is 219 g/mol. The zero-order chi connectivity index (χ0) is 11.5. The fourth-order valence-electron chi connectivity index (χ4n) is 1.34. The third-order valence-corrected chi connectivity index (χ3v) is 2.10. The van der Waals surface area contributed by atoms with Gasteiger partial charge in [0.2, 0.25) is 0 Å². The smallest absolute Gasteiger partial charge is 0.161 e. The highest BCUT2D eigenvalue weighted by Gasteiger charge is 2.12. The van der Waals surface area contributed by atoms with Crippen molar-refractivity contribution >= 4 is 12.7 Å². The fourth-order valence-corrected chi connectivity index (χ4v) is 1.34. The molecule has 0 bridgehead atoms. The summed E-state index contributed by atoms with van der Waals surface area (Å²) in [7, 11) is 0. The maximum Gasteiger partial charge on any atom is 0.161 e. The maximum atomic E-state index is 13.3. The summed E-state index contributed by atoms with van der Waals surface area (Å²) in [6.45, 7) is 0.422. The number of halogens is 3. The first-order valence-electron chi connectivity index (χ1n) is 4.56. The van der Waals surface area contributed by atoms with Gasteiger partial charge in [-0.15, -0.1) is 0 Å². The maximum absolute atomic E-state index is 13.3. The minimum Gasteiger partial charge on any atom is -0.339 e. The molecule has 0 atom stereocenters. The Kier molecular flexibility index (Phi) is 2.89. The summed E-state index contributed by atoms with van der Waals surface area (Å²) in [5.74, 6) is -3.03. The highest BCUT2D eigenvalue weighted by Crippen LogP contribution is 2.15. The van der Waals surface area contributed by atoms with Gasteiger partial charge in [-0.3, -0.25) is 4.99 Å². The third kappa shape index (κ3) is 2.21. The highest BCUT2D eigenvalue weighted by molar-refractivity contribution is 5.72. The first-order valence-corrected chi connectivity index (χ1v) is 4.56. The van der Waals surface area contributed by atoms with E-state index in [0.717, 1.165) is 6.07 Å². The Morgan fingerprint density at radius 1 is 1.12 bits per heavy atom. The molecule has 0 radical (unpaired) electrons. The molecule has 0 spiro atoms. The number of hydrogen-bond acceptors (Lipinski definition) is 3. The van der Waals surface area contributed by atoms with Crippen LogP contribution in [0.5, 0.6) is 0 Å². The minimum atomic E-state index is -1.19. The quantitative estimate of drug-likeness (QED) is 0.709. The van der Waals surface area contributed by atoms with Crippen LogP contribution in [0.3, 0.4) is 0 Å². The van der Waals surface area contributed by atoms with Crippen LogP contribution in [-0.4, -0.2) is 24.2 Å². The Bertz CT molecular complexity index is 457. The normalized spacial score (nSPS) is 14.6. The van der Waals surface area contributed by atoms with Gasteiger partial charge in [0.15, 0.2) is 11.6 Å². The van der Waals surface area contributed by atoms with E-state index in [0.29, 0.717) is 12.7 Å². The van der Waals surface area contributed by atoms with Crippen LogP contribution in [0.2, 0.25) is 0 Å². The molecular formula is C10H8F3N3. The van der Waals surface area contributed by atoms with E-state index in [1.807, 2.05) is 0 Å². The Hall–Kier alpha value is -1.85. The van der Waals surface area contributed by atoms with Crippen LogP contribution in [0.15, 0.2) is 22.1 Å². The van der Waals surface area contributed by atoms with Gasteiger partial charge in [0, 0.05) is 18.2 Å². The molecule has 0 amide bonds. The van der Waals surface area contributed by atoms with E-state index in [9.17, 15) is 13.2 Å². The molecule has 1 heterocycles. The molecule has 0 N–H and O–H groups in total. The predicted molar refractivity (Wildman–Crippen MR) is 53.7 cm³/mol. The van der Waals surface area contributed by atoms with Crippen molar-refractivity contribution in [3.05, 3.63) is 35.1 Å². The van der Waals surface area contributed by atoms with Gasteiger partial charge in [-0.05, 0) is 6.07 Å². The standard InChI is InChI=1S/C10H8F3N3/c11-8-2-10(13)9(12)1-7(8)3-16-5-14-4-15-6-16/h1-2,4-5H,3,6H2. The Labute approximate surface area is 89.9 Å². The van der Waals surface area contributed by atoms with Gasteiger partial charge in [0.05, 0.1) is 6.34 Å². The van der Waals surface area contributed by atoms with Crippen molar-refractivity contribution in [3.8, 4) is 0 Å². The zero-order valence-corrected chi connectivity index (χ0v) is 8.20. The summed E-state index contributed by atoms with van der Waals surface area (Å²) in [5, 5.41) is 0. The second kappa shape index (κ2) is 4.34. The molecule has 84 valence electrons. The van der Waals surface area contributed by atoms with E-state index < -0.39 is 17.5 Å². The van der Waals surface area contributed by atoms with Crippen LogP contribution in [0.4, 0.5) is 13.2 Å². The van der Waals surface area contributed by atoms with Crippen molar-refractivity contribution in [2.75, 3.05) is 6.67 Å². The van der Waals surface area contributed by atoms with Crippen LogP contribution in [0.1, 0.15) is 5.56 Å². The van der Waals surface area contributed by atoms with Crippen molar-refractivity contribution in [3.63, 3.8) is 0 Å². The van der Waals surface area contributed by atoms with Crippen LogP contribution in [0.25, 0.3) is 0 Å². The predicted octanol–water partition coefficient (Wildman–Crippen LogP) is 1.93. The molecule has 0 unspecified atom stereocenters. The topological polar surface area (TPSA) is 28.0 Å². The summed E-state index contributed by atoms with van der Waals surface area (Å²) in [6.07, 6.45) is 2.84. The molecule has 2 rings (SSSR count). The lowest BCUT2D eigenvalue weighted by Crippen LogP contribution is -2.24. The Morgan fingerprint density at radius 2 is 1.88 bits per heavy atom. The first-order chi connectivity index (χ1) is 7.66. The molecule has 1 aliphatic rings. The average molecular weight is 227 g/mol. The van der Waals surface area contributed by atoms with Gasteiger partial charge >= 0.3 is 0 Å². The average Bonchev–Trinajstić information content (AvgIpc) is 2.27. The van der Waals surface area contributed by atoms with Gasteiger partial charge in [0.25, 0.3) is 0 Å². The van der Waals surface area contributed by atoms with Crippen LogP contribution in [0, 0.1) is 17.5 Å². The number of benzene rings is 1. The first kappa shape index (κ1) is 10.7. The number of aliphatic imine (C=N–C) groups is 2. The second-order valence-corrected chi connectivity index (χ2v) is 3.31. The highest BCUT2D eigenvalue weighted by atomic mass is 19.2. The third-order valence-electron chi connectivity index (χ3n) is 2.10. The van der Waals surface area contributed by atoms with E-state index in [1.165, 1.54) is 12.7 Å². The summed E-state index contributed by atoms with van der Waals surface area (Å²) >= 11 is 0. The molecule has 0 saturated carbocycles. The monoisotopic (exact) mass is 227 g/mol. The van der Waals surface area contributed by atoms with Crippen LogP contribution < -0.4 is 0 Å². The van der Waals surface area contributed by atoms with Gasteiger partial charge in [-0.1, -0.05) is 0 Å². The lowest BCUT2D eigenvalue weighted by atomic mass is 10.2. The number of nitrogens with zero attached hydrogens (tertiary/aromatic N) is 3.